The molecule has 1 heterocycles. The molecule has 0 unspecified atom stereocenters. The number of hydrogen-bond acceptors (Lipinski definition) is 3. The second kappa shape index (κ2) is 4.79. The predicted molar refractivity (Wildman–Crippen MR) is 71.8 cm³/mol. The lowest BCUT2D eigenvalue weighted by atomic mass is 9.95. The van der Waals surface area contributed by atoms with Gasteiger partial charge in [0.05, 0.1) is 28.8 Å². The third-order valence-corrected chi connectivity index (χ3v) is 2.91. The van der Waals surface area contributed by atoms with Crippen LogP contribution >= 0.6 is 0 Å². The summed E-state index contributed by atoms with van der Waals surface area (Å²) in [5, 5.41) is 9.03. The van der Waals surface area contributed by atoms with Gasteiger partial charge in [-0.2, -0.15) is 5.26 Å². The summed E-state index contributed by atoms with van der Waals surface area (Å²) in [4.78, 5) is 9.48. The maximum absolute atomic E-state index is 9.03. The van der Waals surface area contributed by atoms with Gasteiger partial charge in [0.1, 0.15) is 0 Å². The molecule has 0 radical (unpaired) electrons. The Morgan fingerprint density at radius 2 is 2.22 bits per heavy atom. The number of benzene rings is 1. The highest BCUT2D eigenvalue weighted by molar-refractivity contribution is 5.74. The lowest BCUT2D eigenvalue weighted by molar-refractivity contribution is 0.249. The molecule has 0 amide bonds. The average molecular weight is 242 g/mol. The maximum atomic E-state index is 9.03. The first-order valence-corrected chi connectivity index (χ1v) is 6.02. The number of imidazole rings is 1. The quantitative estimate of drug-likeness (QED) is 0.896. The molecule has 2 rings (SSSR count). The van der Waals surface area contributed by atoms with Crippen molar-refractivity contribution in [3.8, 4) is 6.07 Å². The van der Waals surface area contributed by atoms with E-state index < -0.39 is 0 Å². The highest BCUT2D eigenvalue weighted by Gasteiger charge is 2.19. The van der Waals surface area contributed by atoms with Crippen LogP contribution < -0.4 is 0 Å². The van der Waals surface area contributed by atoms with Crippen molar-refractivity contribution >= 4 is 11.0 Å². The predicted octanol–water partition coefficient (Wildman–Crippen LogP) is 2.54. The van der Waals surface area contributed by atoms with E-state index in [1.807, 2.05) is 27.0 Å². The Balaban J connectivity index is 2.07. The fourth-order valence-electron chi connectivity index (χ4n) is 2.16. The van der Waals surface area contributed by atoms with Gasteiger partial charge in [0.25, 0.3) is 0 Å². The fraction of sp³-hybridized carbons (Fsp3) is 0.429. The highest BCUT2D eigenvalue weighted by atomic mass is 15.1. The Morgan fingerprint density at radius 1 is 1.44 bits per heavy atom. The molecule has 0 spiro atoms. The van der Waals surface area contributed by atoms with E-state index in [1.165, 1.54) is 5.56 Å². The SMILES string of the molecule is CN(Cc1ccc2nc[nH]c2c1)CC(C)(C)C#N. The number of aromatic nitrogens is 2. The Labute approximate surface area is 107 Å². The van der Waals surface area contributed by atoms with Gasteiger partial charge in [0, 0.05) is 13.1 Å². The molecule has 0 fully saturated rings. The molecule has 0 atom stereocenters. The summed E-state index contributed by atoms with van der Waals surface area (Å²) in [6.45, 7) is 5.51. The lowest BCUT2D eigenvalue weighted by Crippen LogP contribution is -2.29. The van der Waals surface area contributed by atoms with Crippen LogP contribution in [-0.2, 0) is 6.54 Å². The second-order valence-electron chi connectivity index (χ2n) is 5.42. The molecule has 0 aliphatic carbocycles. The fourth-order valence-corrected chi connectivity index (χ4v) is 2.16. The lowest BCUT2D eigenvalue weighted by Gasteiger charge is -2.24. The van der Waals surface area contributed by atoms with Gasteiger partial charge < -0.3 is 9.88 Å². The van der Waals surface area contributed by atoms with Gasteiger partial charge >= 0.3 is 0 Å². The van der Waals surface area contributed by atoms with E-state index in [9.17, 15) is 0 Å². The van der Waals surface area contributed by atoms with E-state index in [-0.39, 0.29) is 5.41 Å². The van der Waals surface area contributed by atoms with E-state index in [2.05, 4.69) is 33.1 Å². The smallest absolute Gasteiger partial charge is 0.0931 e. The summed E-state index contributed by atoms with van der Waals surface area (Å²) >= 11 is 0. The summed E-state index contributed by atoms with van der Waals surface area (Å²) in [7, 11) is 2.04. The number of aromatic amines is 1. The Bertz CT molecular complexity index is 577. The number of nitriles is 1. The van der Waals surface area contributed by atoms with E-state index >= 15 is 0 Å². The number of nitrogens with zero attached hydrogens (tertiary/aromatic N) is 3. The molecule has 4 nitrogen and oxygen atoms in total. The van der Waals surface area contributed by atoms with Crippen LogP contribution in [0.15, 0.2) is 24.5 Å². The molecule has 94 valence electrons. The Morgan fingerprint density at radius 3 is 2.94 bits per heavy atom. The van der Waals surface area contributed by atoms with Gasteiger partial charge in [0.15, 0.2) is 0 Å². The zero-order chi connectivity index (χ0) is 13.2. The van der Waals surface area contributed by atoms with E-state index in [0.29, 0.717) is 0 Å². The topological polar surface area (TPSA) is 55.7 Å². The number of fused-ring (bicyclic) bond motifs is 1. The number of rotatable bonds is 4. The van der Waals surface area contributed by atoms with Crippen molar-refractivity contribution in [2.24, 2.45) is 5.41 Å². The molecule has 0 bridgehead atoms. The van der Waals surface area contributed by atoms with Crippen molar-refractivity contribution in [3.63, 3.8) is 0 Å². The van der Waals surface area contributed by atoms with Gasteiger partial charge in [-0.1, -0.05) is 6.07 Å². The largest absolute Gasteiger partial charge is 0.345 e. The van der Waals surface area contributed by atoms with Gasteiger partial charge in [-0.05, 0) is 38.6 Å². The average Bonchev–Trinajstić information content (AvgIpc) is 2.75. The standard InChI is InChI=1S/C14H18N4/c1-14(2,8-15)9-18(3)7-11-4-5-12-13(6-11)17-10-16-12/h4-6,10H,7,9H2,1-3H3,(H,16,17). The molecule has 18 heavy (non-hydrogen) atoms. The van der Waals surface area contributed by atoms with Crippen molar-refractivity contribution in [1.29, 1.82) is 5.26 Å². The first-order valence-electron chi connectivity index (χ1n) is 6.02. The van der Waals surface area contributed by atoms with Gasteiger partial charge in [-0.25, -0.2) is 4.98 Å². The molecule has 4 heteroatoms. The van der Waals surface area contributed by atoms with E-state index in [1.54, 1.807) is 6.33 Å². The van der Waals surface area contributed by atoms with Crippen molar-refractivity contribution < 1.29 is 0 Å². The van der Waals surface area contributed by atoms with Crippen LogP contribution in [0.5, 0.6) is 0 Å². The second-order valence-corrected chi connectivity index (χ2v) is 5.42. The molecule has 1 aromatic carbocycles. The number of hydrogen-bond donors (Lipinski definition) is 1. The monoisotopic (exact) mass is 242 g/mol. The van der Waals surface area contributed by atoms with Crippen LogP contribution in [0.3, 0.4) is 0 Å². The first-order chi connectivity index (χ1) is 8.50. The molecule has 0 aliphatic rings. The minimum Gasteiger partial charge on any atom is -0.345 e. The van der Waals surface area contributed by atoms with Gasteiger partial charge in [-0.3, -0.25) is 0 Å². The number of nitrogens with one attached hydrogen (secondary N) is 1. The Hall–Kier alpha value is -1.86. The first kappa shape index (κ1) is 12.6. The summed E-state index contributed by atoms with van der Waals surface area (Å²) in [5.41, 5.74) is 2.95. The molecule has 0 aliphatic heterocycles. The highest BCUT2D eigenvalue weighted by Crippen LogP contribution is 2.17. The van der Waals surface area contributed by atoms with E-state index in [0.717, 1.165) is 24.1 Å². The molecule has 1 N–H and O–H groups in total. The maximum Gasteiger partial charge on any atom is 0.0931 e. The zero-order valence-electron chi connectivity index (χ0n) is 11.1. The third kappa shape index (κ3) is 2.88. The van der Waals surface area contributed by atoms with Crippen LogP contribution in [0.2, 0.25) is 0 Å². The molecule has 1 aromatic heterocycles. The van der Waals surface area contributed by atoms with Crippen molar-refractivity contribution in [2.45, 2.75) is 20.4 Å². The summed E-state index contributed by atoms with van der Waals surface area (Å²) < 4.78 is 0. The number of H-pyrrole nitrogens is 1. The van der Waals surface area contributed by atoms with E-state index in [4.69, 9.17) is 5.26 Å². The minimum atomic E-state index is -0.313. The van der Waals surface area contributed by atoms with Crippen molar-refractivity contribution in [1.82, 2.24) is 14.9 Å². The minimum absolute atomic E-state index is 0.313. The summed E-state index contributed by atoms with van der Waals surface area (Å²) in [6, 6.07) is 8.54. The summed E-state index contributed by atoms with van der Waals surface area (Å²) in [5.74, 6) is 0. The third-order valence-electron chi connectivity index (χ3n) is 2.91. The van der Waals surface area contributed by atoms with Gasteiger partial charge in [-0.15, -0.1) is 0 Å². The normalized spacial score (nSPS) is 11.9. The van der Waals surface area contributed by atoms with Crippen LogP contribution in [0.4, 0.5) is 0 Å². The van der Waals surface area contributed by atoms with Crippen LogP contribution in [-0.4, -0.2) is 28.5 Å². The molecular weight excluding hydrogens is 224 g/mol. The van der Waals surface area contributed by atoms with Crippen LogP contribution in [0, 0.1) is 16.7 Å². The zero-order valence-corrected chi connectivity index (χ0v) is 11.1. The van der Waals surface area contributed by atoms with Crippen molar-refractivity contribution in [3.05, 3.63) is 30.1 Å². The summed E-state index contributed by atoms with van der Waals surface area (Å²) in [6.07, 6.45) is 1.71. The molecule has 0 saturated carbocycles. The molecule has 0 saturated heterocycles. The molecular formula is C14H18N4. The van der Waals surface area contributed by atoms with Crippen LogP contribution in [0.1, 0.15) is 19.4 Å². The molecule has 2 aromatic rings. The van der Waals surface area contributed by atoms with Gasteiger partial charge in [0.2, 0.25) is 0 Å². The van der Waals surface area contributed by atoms with Crippen molar-refractivity contribution in [2.75, 3.05) is 13.6 Å². The van der Waals surface area contributed by atoms with Crippen LogP contribution in [0.25, 0.3) is 11.0 Å². The Kier molecular flexibility index (Phi) is 3.35.